The minimum atomic E-state index is 0.537. The summed E-state index contributed by atoms with van der Waals surface area (Å²) in [6.45, 7) is 0.537. The highest BCUT2D eigenvalue weighted by Gasteiger charge is 2.02. The smallest absolute Gasteiger partial charge is 0.150 e. The first-order valence-corrected chi connectivity index (χ1v) is 5.18. The van der Waals surface area contributed by atoms with Gasteiger partial charge in [0.1, 0.15) is 0 Å². The Morgan fingerprint density at radius 3 is 2.31 bits per heavy atom. The van der Waals surface area contributed by atoms with Gasteiger partial charge in [-0.3, -0.25) is 4.79 Å². The van der Waals surface area contributed by atoms with Crippen LogP contribution in [0.15, 0.2) is 48.5 Å². The van der Waals surface area contributed by atoms with Crippen molar-refractivity contribution in [1.29, 1.82) is 0 Å². The number of benzene rings is 2. The van der Waals surface area contributed by atoms with Crippen LogP contribution < -0.4 is 5.73 Å². The fraction of sp³-hybridized carbons (Fsp3) is 0.0714. The van der Waals surface area contributed by atoms with Crippen LogP contribution in [0.2, 0.25) is 0 Å². The van der Waals surface area contributed by atoms with Crippen molar-refractivity contribution in [3.8, 4) is 11.1 Å². The Morgan fingerprint density at radius 2 is 1.69 bits per heavy atom. The van der Waals surface area contributed by atoms with E-state index >= 15 is 0 Å². The van der Waals surface area contributed by atoms with E-state index < -0.39 is 0 Å². The van der Waals surface area contributed by atoms with Crippen LogP contribution in [0.25, 0.3) is 11.1 Å². The topological polar surface area (TPSA) is 43.1 Å². The summed E-state index contributed by atoms with van der Waals surface area (Å²) < 4.78 is 0. The van der Waals surface area contributed by atoms with E-state index in [0.29, 0.717) is 12.1 Å². The van der Waals surface area contributed by atoms with Crippen molar-refractivity contribution in [3.05, 3.63) is 59.7 Å². The fourth-order valence-corrected chi connectivity index (χ4v) is 1.68. The molecule has 0 saturated heterocycles. The molecule has 0 unspecified atom stereocenters. The molecule has 2 rings (SSSR count). The lowest BCUT2D eigenvalue weighted by molar-refractivity contribution is 0.112. The molecule has 2 heteroatoms. The number of nitrogens with two attached hydrogens (primary N) is 1. The molecular formula is C14H13NO. The van der Waals surface area contributed by atoms with E-state index in [1.54, 1.807) is 0 Å². The van der Waals surface area contributed by atoms with E-state index in [9.17, 15) is 4.79 Å². The molecule has 0 atom stereocenters. The molecule has 2 N–H and O–H groups in total. The van der Waals surface area contributed by atoms with E-state index in [1.165, 1.54) is 0 Å². The van der Waals surface area contributed by atoms with Gasteiger partial charge in [-0.25, -0.2) is 0 Å². The molecule has 0 heterocycles. The third-order valence-electron chi connectivity index (χ3n) is 2.59. The van der Waals surface area contributed by atoms with Crippen molar-refractivity contribution in [2.75, 3.05) is 0 Å². The maximum absolute atomic E-state index is 10.9. The molecule has 0 amide bonds. The van der Waals surface area contributed by atoms with E-state index in [1.807, 2.05) is 48.5 Å². The predicted molar refractivity (Wildman–Crippen MR) is 65.2 cm³/mol. The Kier molecular flexibility index (Phi) is 3.13. The monoisotopic (exact) mass is 211 g/mol. The quantitative estimate of drug-likeness (QED) is 0.793. The van der Waals surface area contributed by atoms with Crippen molar-refractivity contribution >= 4 is 6.29 Å². The summed E-state index contributed by atoms with van der Waals surface area (Å²) in [5.74, 6) is 0. The minimum Gasteiger partial charge on any atom is -0.326 e. The van der Waals surface area contributed by atoms with Crippen LogP contribution in [0.1, 0.15) is 15.9 Å². The van der Waals surface area contributed by atoms with Crippen molar-refractivity contribution in [3.63, 3.8) is 0 Å². The zero-order valence-electron chi connectivity index (χ0n) is 8.89. The second-order valence-electron chi connectivity index (χ2n) is 3.61. The summed E-state index contributed by atoms with van der Waals surface area (Å²) in [4.78, 5) is 10.9. The largest absolute Gasteiger partial charge is 0.326 e. The molecule has 0 aliphatic carbocycles. The lowest BCUT2D eigenvalue weighted by Gasteiger charge is -2.05. The number of aldehydes is 1. The van der Waals surface area contributed by atoms with Crippen molar-refractivity contribution in [1.82, 2.24) is 0 Å². The molecule has 0 aliphatic heterocycles. The van der Waals surface area contributed by atoms with Gasteiger partial charge in [0, 0.05) is 12.1 Å². The van der Waals surface area contributed by atoms with Crippen LogP contribution in [0.3, 0.4) is 0 Å². The SMILES string of the molecule is NCc1ccc(-c2ccccc2C=O)cc1. The average Bonchev–Trinajstić information content (AvgIpc) is 2.39. The summed E-state index contributed by atoms with van der Waals surface area (Å²) in [6, 6.07) is 15.5. The molecule has 16 heavy (non-hydrogen) atoms. The first-order chi connectivity index (χ1) is 7.85. The van der Waals surface area contributed by atoms with Gasteiger partial charge in [0.2, 0.25) is 0 Å². The Morgan fingerprint density at radius 1 is 1.00 bits per heavy atom. The summed E-state index contributed by atoms with van der Waals surface area (Å²) in [5, 5.41) is 0. The maximum Gasteiger partial charge on any atom is 0.150 e. The molecule has 0 radical (unpaired) electrons. The first-order valence-electron chi connectivity index (χ1n) is 5.18. The van der Waals surface area contributed by atoms with Crippen LogP contribution in [0.5, 0.6) is 0 Å². The number of carbonyl (C=O) groups excluding carboxylic acids is 1. The molecule has 80 valence electrons. The lowest BCUT2D eigenvalue weighted by atomic mass is 9.99. The van der Waals surface area contributed by atoms with Gasteiger partial charge < -0.3 is 5.73 Å². The van der Waals surface area contributed by atoms with E-state index in [2.05, 4.69) is 0 Å². The van der Waals surface area contributed by atoms with Gasteiger partial charge in [0.25, 0.3) is 0 Å². The number of carbonyl (C=O) groups is 1. The Bertz CT molecular complexity index is 488. The molecular weight excluding hydrogens is 198 g/mol. The molecule has 2 aromatic rings. The van der Waals surface area contributed by atoms with E-state index in [-0.39, 0.29) is 0 Å². The second kappa shape index (κ2) is 4.73. The molecule has 0 aliphatic rings. The van der Waals surface area contributed by atoms with Gasteiger partial charge in [0.15, 0.2) is 6.29 Å². The minimum absolute atomic E-state index is 0.537. The molecule has 0 bridgehead atoms. The lowest BCUT2D eigenvalue weighted by Crippen LogP contribution is -1.95. The highest BCUT2D eigenvalue weighted by atomic mass is 16.1. The molecule has 2 nitrogen and oxygen atoms in total. The third kappa shape index (κ3) is 2.02. The van der Waals surface area contributed by atoms with Crippen LogP contribution in [0.4, 0.5) is 0 Å². The van der Waals surface area contributed by atoms with Crippen molar-refractivity contribution in [2.45, 2.75) is 6.54 Å². The normalized spacial score (nSPS) is 10.1. The fourth-order valence-electron chi connectivity index (χ4n) is 1.68. The Balaban J connectivity index is 2.46. The van der Waals surface area contributed by atoms with Gasteiger partial charge in [-0.2, -0.15) is 0 Å². The second-order valence-corrected chi connectivity index (χ2v) is 3.61. The molecule has 0 spiro atoms. The first kappa shape index (κ1) is 10.6. The summed E-state index contributed by atoms with van der Waals surface area (Å²) in [7, 11) is 0. The third-order valence-corrected chi connectivity index (χ3v) is 2.59. The van der Waals surface area contributed by atoms with Crippen LogP contribution in [-0.4, -0.2) is 6.29 Å². The summed E-state index contributed by atoms with van der Waals surface area (Å²) in [5.41, 5.74) is 9.34. The number of hydrogen-bond acceptors (Lipinski definition) is 2. The van der Waals surface area contributed by atoms with Crippen molar-refractivity contribution < 1.29 is 4.79 Å². The molecule has 0 aromatic heterocycles. The standard InChI is InChI=1S/C14H13NO/c15-9-11-5-7-12(8-6-11)14-4-2-1-3-13(14)10-16/h1-8,10H,9,15H2. The van der Waals surface area contributed by atoms with Gasteiger partial charge >= 0.3 is 0 Å². The number of rotatable bonds is 3. The van der Waals surface area contributed by atoms with Crippen LogP contribution in [0, 0.1) is 0 Å². The van der Waals surface area contributed by atoms with Gasteiger partial charge in [0.05, 0.1) is 0 Å². The average molecular weight is 211 g/mol. The Hall–Kier alpha value is -1.93. The molecule has 0 fully saturated rings. The summed E-state index contributed by atoms with van der Waals surface area (Å²) in [6.07, 6.45) is 0.881. The Labute approximate surface area is 94.7 Å². The maximum atomic E-state index is 10.9. The van der Waals surface area contributed by atoms with E-state index in [0.717, 1.165) is 23.0 Å². The summed E-state index contributed by atoms with van der Waals surface area (Å²) >= 11 is 0. The highest BCUT2D eigenvalue weighted by molar-refractivity contribution is 5.87. The van der Waals surface area contributed by atoms with Gasteiger partial charge in [-0.15, -0.1) is 0 Å². The van der Waals surface area contributed by atoms with Crippen LogP contribution in [-0.2, 0) is 6.54 Å². The van der Waals surface area contributed by atoms with Crippen LogP contribution >= 0.6 is 0 Å². The van der Waals surface area contributed by atoms with Crippen molar-refractivity contribution in [2.24, 2.45) is 5.73 Å². The van der Waals surface area contributed by atoms with Gasteiger partial charge in [-0.1, -0.05) is 48.5 Å². The van der Waals surface area contributed by atoms with E-state index in [4.69, 9.17) is 5.73 Å². The predicted octanol–water partition coefficient (Wildman–Crippen LogP) is 2.62. The molecule has 0 saturated carbocycles. The number of hydrogen-bond donors (Lipinski definition) is 1. The highest BCUT2D eigenvalue weighted by Crippen LogP contribution is 2.22. The molecule has 2 aromatic carbocycles. The zero-order valence-corrected chi connectivity index (χ0v) is 8.89. The van der Waals surface area contributed by atoms with Gasteiger partial charge in [-0.05, 0) is 16.7 Å². The zero-order chi connectivity index (χ0) is 11.4.